The van der Waals surface area contributed by atoms with Gasteiger partial charge in [0.25, 0.3) is 0 Å². The maximum Gasteiger partial charge on any atom is 0.172 e. The van der Waals surface area contributed by atoms with E-state index in [0.29, 0.717) is 19.8 Å². The van der Waals surface area contributed by atoms with Gasteiger partial charge in [-0.1, -0.05) is 18.2 Å². The molecule has 0 spiro atoms. The molecule has 1 N–H and O–H groups in total. The Morgan fingerprint density at radius 3 is 2.96 bits per heavy atom. The van der Waals surface area contributed by atoms with Crippen LogP contribution in [0.25, 0.3) is 0 Å². The summed E-state index contributed by atoms with van der Waals surface area (Å²) in [6.07, 6.45) is 2.87. The molecule has 2 aromatic rings. The molecule has 0 radical (unpaired) electrons. The van der Waals surface area contributed by atoms with Gasteiger partial charge in [0.2, 0.25) is 0 Å². The first kappa shape index (κ1) is 17.9. The van der Waals surface area contributed by atoms with E-state index >= 15 is 0 Å². The van der Waals surface area contributed by atoms with E-state index in [1.165, 1.54) is 0 Å². The van der Waals surface area contributed by atoms with Gasteiger partial charge >= 0.3 is 0 Å². The molecule has 1 atom stereocenters. The molecule has 2 heterocycles. The largest absolute Gasteiger partial charge is 0.493 e. The van der Waals surface area contributed by atoms with Gasteiger partial charge in [0, 0.05) is 12.6 Å². The molecule has 27 heavy (non-hydrogen) atoms. The maximum absolute atomic E-state index is 5.93. The zero-order chi connectivity index (χ0) is 18.3. The lowest BCUT2D eigenvalue weighted by molar-refractivity contribution is -0.203. The van der Waals surface area contributed by atoms with Crippen LogP contribution in [0.4, 0.5) is 0 Å². The molecule has 1 unspecified atom stereocenters. The topological polar surface area (TPSA) is 58.2 Å². The number of benzene rings is 2. The average molecular weight is 371 g/mol. The van der Waals surface area contributed by atoms with Crippen LogP contribution >= 0.6 is 0 Å². The second-order valence-electron chi connectivity index (χ2n) is 6.68. The van der Waals surface area contributed by atoms with Crippen molar-refractivity contribution in [2.24, 2.45) is 0 Å². The normalized spacial score (nSPS) is 18.1. The van der Waals surface area contributed by atoms with Crippen LogP contribution in [0.5, 0.6) is 23.0 Å². The van der Waals surface area contributed by atoms with E-state index < -0.39 is 0 Å². The number of hydrogen-bond acceptors (Lipinski definition) is 6. The Morgan fingerprint density at radius 1 is 1.07 bits per heavy atom. The monoisotopic (exact) mass is 371 g/mol. The van der Waals surface area contributed by atoms with Crippen molar-refractivity contribution in [1.29, 1.82) is 0 Å². The summed E-state index contributed by atoms with van der Waals surface area (Å²) in [5, 5.41) is 3.40. The summed E-state index contributed by atoms with van der Waals surface area (Å²) >= 11 is 0. The van der Waals surface area contributed by atoms with Crippen molar-refractivity contribution in [2.75, 3.05) is 32.9 Å². The quantitative estimate of drug-likeness (QED) is 0.596. The smallest absolute Gasteiger partial charge is 0.172 e. The molecule has 2 aliphatic heterocycles. The third-order valence-electron chi connectivity index (χ3n) is 4.57. The van der Waals surface area contributed by atoms with Crippen molar-refractivity contribution in [3.05, 3.63) is 48.0 Å². The Morgan fingerprint density at radius 2 is 2.00 bits per heavy atom. The molecule has 4 rings (SSSR count). The highest BCUT2D eigenvalue weighted by Crippen LogP contribution is 2.30. The molecular formula is C21H25NO5. The Labute approximate surface area is 159 Å². The molecular weight excluding hydrogens is 346 g/mol. The fourth-order valence-electron chi connectivity index (χ4n) is 3.15. The number of hydrogen-bond donors (Lipinski definition) is 1. The van der Waals surface area contributed by atoms with Crippen LogP contribution < -0.4 is 24.4 Å². The van der Waals surface area contributed by atoms with E-state index in [0.717, 1.165) is 60.9 Å². The Balaban J connectivity index is 1.14. The highest BCUT2D eigenvalue weighted by molar-refractivity contribution is 5.41. The van der Waals surface area contributed by atoms with E-state index in [-0.39, 0.29) is 6.10 Å². The van der Waals surface area contributed by atoms with Crippen molar-refractivity contribution in [3.63, 3.8) is 0 Å². The molecule has 6 heteroatoms. The van der Waals surface area contributed by atoms with E-state index in [1.807, 2.05) is 36.4 Å². The highest BCUT2D eigenvalue weighted by atomic mass is 17.2. The molecule has 0 aliphatic carbocycles. The Hall–Kier alpha value is -2.44. The van der Waals surface area contributed by atoms with E-state index in [9.17, 15) is 0 Å². The van der Waals surface area contributed by atoms with Gasteiger partial charge in [0.1, 0.15) is 18.5 Å². The molecule has 0 saturated heterocycles. The number of rotatable bonds is 7. The van der Waals surface area contributed by atoms with Crippen LogP contribution in [-0.2, 0) is 11.3 Å². The van der Waals surface area contributed by atoms with Gasteiger partial charge in [0.05, 0.1) is 13.2 Å². The van der Waals surface area contributed by atoms with Crippen LogP contribution in [0.1, 0.15) is 18.4 Å². The molecule has 0 fully saturated rings. The standard InChI is InChI=1S/C21H25NO5/c1-2-7-20-19(6-1)24-15-18(26-20)14-22-10-4-11-23-17-9-8-16-5-3-12-25-27-21(16)13-17/h1-2,6-9,13,18,22H,3-5,10-12,14-15H2. The predicted octanol–water partition coefficient (Wildman–Crippen LogP) is 3.14. The maximum atomic E-state index is 5.93. The van der Waals surface area contributed by atoms with Crippen molar-refractivity contribution < 1.29 is 24.0 Å². The summed E-state index contributed by atoms with van der Waals surface area (Å²) in [7, 11) is 0. The first-order valence-corrected chi connectivity index (χ1v) is 9.53. The molecule has 0 amide bonds. The summed E-state index contributed by atoms with van der Waals surface area (Å²) in [5.74, 6) is 3.20. The minimum Gasteiger partial charge on any atom is -0.493 e. The number of aryl methyl sites for hydroxylation is 1. The minimum absolute atomic E-state index is 0.0301. The van der Waals surface area contributed by atoms with Gasteiger partial charge in [-0.15, -0.1) is 0 Å². The van der Waals surface area contributed by atoms with Crippen molar-refractivity contribution in [2.45, 2.75) is 25.4 Å². The predicted molar refractivity (Wildman–Crippen MR) is 101 cm³/mol. The first-order valence-electron chi connectivity index (χ1n) is 9.53. The summed E-state index contributed by atoms with van der Waals surface area (Å²) < 4.78 is 17.5. The molecule has 0 aromatic heterocycles. The first-order chi connectivity index (χ1) is 13.4. The Kier molecular flexibility index (Phi) is 5.96. The lowest BCUT2D eigenvalue weighted by Gasteiger charge is -2.26. The van der Waals surface area contributed by atoms with Crippen LogP contribution in [0.15, 0.2) is 42.5 Å². The molecule has 2 aromatic carbocycles. The highest BCUT2D eigenvalue weighted by Gasteiger charge is 2.19. The Bertz CT molecular complexity index is 751. The van der Waals surface area contributed by atoms with Gasteiger partial charge < -0.3 is 24.4 Å². The van der Waals surface area contributed by atoms with Crippen molar-refractivity contribution in [3.8, 4) is 23.0 Å². The van der Waals surface area contributed by atoms with Gasteiger partial charge in [-0.3, -0.25) is 0 Å². The van der Waals surface area contributed by atoms with Gasteiger partial charge in [0.15, 0.2) is 17.2 Å². The third-order valence-corrected chi connectivity index (χ3v) is 4.57. The average Bonchev–Trinajstić information content (AvgIpc) is 2.95. The van der Waals surface area contributed by atoms with Crippen LogP contribution in [-0.4, -0.2) is 39.0 Å². The molecule has 144 valence electrons. The lowest BCUT2D eigenvalue weighted by Crippen LogP contribution is -2.39. The van der Waals surface area contributed by atoms with E-state index in [4.69, 9.17) is 24.0 Å². The number of ether oxygens (including phenoxy) is 3. The van der Waals surface area contributed by atoms with Gasteiger partial charge in [-0.25, -0.2) is 0 Å². The zero-order valence-electron chi connectivity index (χ0n) is 15.3. The summed E-state index contributed by atoms with van der Waals surface area (Å²) in [4.78, 5) is 10.4. The molecule has 6 nitrogen and oxygen atoms in total. The van der Waals surface area contributed by atoms with E-state index in [2.05, 4.69) is 11.4 Å². The minimum atomic E-state index is 0.0301. The van der Waals surface area contributed by atoms with Crippen LogP contribution in [0.3, 0.4) is 0 Å². The third kappa shape index (κ3) is 4.84. The van der Waals surface area contributed by atoms with Gasteiger partial charge in [-0.05, 0) is 49.6 Å². The molecule has 0 bridgehead atoms. The summed E-state index contributed by atoms with van der Waals surface area (Å²) in [6, 6.07) is 13.7. The SMILES string of the molecule is c1ccc2c(c1)OCC(CNCCCOc1ccc3c(c1)OOCCC3)O2. The van der Waals surface area contributed by atoms with Crippen LogP contribution in [0, 0.1) is 0 Å². The lowest BCUT2D eigenvalue weighted by atomic mass is 10.1. The second-order valence-corrected chi connectivity index (χ2v) is 6.68. The fraction of sp³-hybridized carbons (Fsp3) is 0.429. The fourth-order valence-corrected chi connectivity index (χ4v) is 3.15. The summed E-state index contributed by atoms with van der Waals surface area (Å²) in [5.41, 5.74) is 1.16. The van der Waals surface area contributed by atoms with Crippen molar-refractivity contribution in [1.82, 2.24) is 5.32 Å². The zero-order valence-corrected chi connectivity index (χ0v) is 15.3. The van der Waals surface area contributed by atoms with Crippen molar-refractivity contribution >= 4 is 0 Å². The molecule has 0 saturated carbocycles. The molecule has 2 aliphatic rings. The van der Waals surface area contributed by atoms with E-state index in [1.54, 1.807) is 0 Å². The van der Waals surface area contributed by atoms with Crippen LogP contribution in [0.2, 0.25) is 0 Å². The summed E-state index contributed by atoms with van der Waals surface area (Å²) in [6.45, 7) is 3.43. The second kappa shape index (κ2) is 8.97. The number of nitrogens with one attached hydrogen (secondary N) is 1. The number of fused-ring (bicyclic) bond motifs is 2. The van der Waals surface area contributed by atoms with Gasteiger partial charge in [-0.2, -0.15) is 4.89 Å². The number of para-hydroxylation sites is 2.